The lowest BCUT2D eigenvalue weighted by atomic mass is 9.33. The Hall–Kier alpha value is -1.15. The maximum Gasteiger partial charge on any atom is 0.310 e. The Morgan fingerprint density at radius 1 is 0.872 bits per heavy atom. The fourth-order valence-corrected chi connectivity index (χ4v) is 12.5. The molecule has 0 aromatic heterocycles. The lowest BCUT2D eigenvalue weighted by Gasteiger charge is -2.72. The molecule has 0 spiro atoms. The average molecular weight is 667 g/mol. The number of carbonyl (C=O) groups is 1. The molecule has 15 atom stereocenters. The number of aliphatic carboxylic acids is 1. The summed E-state index contributed by atoms with van der Waals surface area (Å²) >= 11 is 0. The van der Waals surface area contributed by atoms with Gasteiger partial charge >= 0.3 is 5.97 Å². The van der Waals surface area contributed by atoms with E-state index in [4.69, 9.17) is 9.47 Å². The molecule has 0 aromatic carbocycles. The van der Waals surface area contributed by atoms with E-state index in [1.807, 2.05) is 6.92 Å². The summed E-state index contributed by atoms with van der Waals surface area (Å²) in [6, 6.07) is 0. The van der Waals surface area contributed by atoms with Crippen LogP contribution in [0.5, 0.6) is 0 Å². The first-order valence-corrected chi connectivity index (χ1v) is 17.7. The van der Waals surface area contributed by atoms with Crippen LogP contribution in [-0.2, 0) is 14.3 Å². The molecule has 0 aromatic rings. The number of fused-ring (bicyclic) bond motifs is 7. The fraction of sp³-hybridized carbons (Fsp3) is 0.917. The van der Waals surface area contributed by atoms with E-state index in [9.17, 15) is 45.6 Å². The molecule has 11 heteroatoms. The molecule has 0 radical (unpaired) electrons. The quantitative estimate of drug-likeness (QED) is 0.152. The zero-order valence-corrected chi connectivity index (χ0v) is 28.6. The molecule has 1 saturated heterocycles. The summed E-state index contributed by atoms with van der Waals surface area (Å²) < 4.78 is 11.9. The summed E-state index contributed by atoms with van der Waals surface area (Å²) in [5.74, 6) is -0.985. The highest BCUT2D eigenvalue weighted by atomic mass is 16.7. The number of aliphatic hydroxyl groups excluding tert-OH is 7. The van der Waals surface area contributed by atoms with Crippen LogP contribution < -0.4 is 0 Å². The molecule has 8 N–H and O–H groups in total. The Morgan fingerprint density at radius 3 is 2.17 bits per heavy atom. The van der Waals surface area contributed by atoms with Gasteiger partial charge in [0.05, 0.1) is 37.4 Å². The predicted molar refractivity (Wildman–Crippen MR) is 170 cm³/mol. The standard InChI is InChI=1S/C36H58O11/c1-31(2)10-11-35(30(44)45)12-13-36(18-39)19(20(35)14-31)6-7-24-32(3)15-21(40)28(33(4,17-38)23(32)8-9-34(24,36)5)47-29-27(43)26(42)25(41)22(16-37)46-29/h6,20-29,37-43H,7-18H2,1-5H3,(H,44,45). The Balaban J connectivity index is 1.36. The molecule has 6 rings (SSSR count). The number of aliphatic hydroxyl groups is 7. The molecule has 268 valence electrons. The van der Waals surface area contributed by atoms with E-state index in [1.165, 1.54) is 0 Å². The van der Waals surface area contributed by atoms with E-state index in [-0.39, 0.29) is 41.8 Å². The van der Waals surface area contributed by atoms with Gasteiger partial charge in [0.2, 0.25) is 0 Å². The second-order valence-electron chi connectivity index (χ2n) is 17.8. The van der Waals surface area contributed by atoms with E-state index >= 15 is 0 Å². The molecule has 47 heavy (non-hydrogen) atoms. The van der Waals surface area contributed by atoms with Crippen LogP contribution in [0.3, 0.4) is 0 Å². The van der Waals surface area contributed by atoms with Crippen molar-refractivity contribution in [2.75, 3.05) is 19.8 Å². The van der Waals surface area contributed by atoms with E-state index in [0.29, 0.717) is 38.5 Å². The second kappa shape index (κ2) is 11.7. The van der Waals surface area contributed by atoms with Crippen molar-refractivity contribution in [3.63, 3.8) is 0 Å². The summed E-state index contributed by atoms with van der Waals surface area (Å²) in [5, 5.41) is 86.1. The third-order valence-corrected chi connectivity index (χ3v) is 15.2. The number of carboxylic acid groups (broad SMARTS) is 1. The van der Waals surface area contributed by atoms with Crippen molar-refractivity contribution in [2.24, 2.45) is 50.2 Å². The Bertz CT molecular complexity index is 1250. The Labute approximate surface area is 278 Å². The minimum atomic E-state index is -1.63. The first kappa shape index (κ1) is 35.7. The van der Waals surface area contributed by atoms with Crippen molar-refractivity contribution in [3.05, 3.63) is 11.6 Å². The zero-order chi connectivity index (χ0) is 34.5. The van der Waals surface area contributed by atoms with Gasteiger partial charge < -0.3 is 50.3 Å². The first-order chi connectivity index (χ1) is 21.9. The number of carboxylic acids is 1. The van der Waals surface area contributed by atoms with E-state index in [1.54, 1.807) is 0 Å². The van der Waals surface area contributed by atoms with E-state index in [2.05, 4.69) is 33.8 Å². The molecule has 5 fully saturated rings. The minimum Gasteiger partial charge on any atom is -0.481 e. The van der Waals surface area contributed by atoms with Crippen molar-refractivity contribution in [1.82, 2.24) is 0 Å². The monoisotopic (exact) mass is 666 g/mol. The number of hydrogen-bond donors (Lipinski definition) is 8. The highest BCUT2D eigenvalue weighted by Crippen LogP contribution is 2.76. The van der Waals surface area contributed by atoms with Gasteiger partial charge in [0.1, 0.15) is 24.4 Å². The van der Waals surface area contributed by atoms with Crippen molar-refractivity contribution in [2.45, 2.75) is 135 Å². The van der Waals surface area contributed by atoms with Crippen LogP contribution >= 0.6 is 0 Å². The van der Waals surface area contributed by atoms with Gasteiger partial charge in [0.25, 0.3) is 0 Å². The van der Waals surface area contributed by atoms with E-state index < -0.39 is 77.1 Å². The van der Waals surface area contributed by atoms with Crippen LogP contribution in [0.25, 0.3) is 0 Å². The van der Waals surface area contributed by atoms with Crippen LogP contribution in [0.15, 0.2) is 11.6 Å². The van der Waals surface area contributed by atoms with Gasteiger partial charge in [-0.25, -0.2) is 0 Å². The molecule has 0 amide bonds. The van der Waals surface area contributed by atoms with Gasteiger partial charge in [-0.2, -0.15) is 0 Å². The van der Waals surface area contributed by atoms with Crippen LogP contribution in [-0.4, -0.2) is 110 Å². The molecule has 0 bridgehead atoms. The van der Waals surface area contributed by atoms with Gasteiger partial charge in [-0.1, -0.05) is 46.3 Å². The Kier molecular flexibility index (Phi) is 8.88. The van der Waals surface area contributed by atoms with Crippen LogP contribution in [0.1, 0.15) is 92.4 Å². The number of rotatable bonds is 6. The largest absolute Gasteiger partial charge is 0.481 e. The van der Waals surface area contributed by atoms with Crippen LogP contribution in [0.2, 0.25) is 0 Å². The normalized spacial score (nSPS) is 53.9. The lowest BCUT2D eigenvalue weighted by Crippen LogP contribution is -2.70. The minimum absolute atomic E-state index is 0.00321. The fourth-order valence-electron chi connectivity index (χ4n) is 12.5. The van der Waals surface area contributed by atoms with Gasteiger partial charge in [0, 0.05) is 10.8 Å². The topological polar surface area (TPSA) is 197 Å². The molecular formula is C36H58O11. The molecule has 15 unspecified atom stereocenters. The lowest BCUT2D eigenvalue weighted by molar-refractivity contribution is -0.345. The maximum atomic E-state index is 13.0. The van der Waals surface area contributed by atoms with Gasteiger partial charge in [-0.15, -0.1) is 0 Å². The van der Waals surface area contributed by atoms with Gasteiger partial charge in [0.15, 0.2) is 6.29 Å². The zero-order valence-electron chi connectivity index (χ0n) is 28.6. The Morgan fingerprint density at radius 2 is 1.55 bits per heavy atom. The SMILES string of the molecule is CC1(C)CCC2(C(=O)O)CCC3(CO)C(=CCC4C5(C)CC(O)C(OC6OC(CO)C(O)C(O)C6O)C(C)(CO)C5CCC43C)C2C1. The molecule has 5 aliphatic carbocycles. The molecule has 1 aliphatic heterocycles. The average Bonchev–Trinajstić information content (AvgIpc) is 3.01. The van der Waals surface area contributed by atoms with Crippen molar-refractivity contribution < 1.29 is 55.1 Å². The molecule has 4 saturated carbocycles. The highest BCUT2D eigenvalue weighted by Gasteiger charge is 2.72. The van der Waals surface area contributed by atoms with Crippen molar-refractivity contribution in [3.8, 4) is 0 Å². The first-order valence-electron chi connectivity index (χ1n) is 17.7. The summed E-state index contributed by atoms with van der Waals surface area (Å²) in [6.45, 7) is 9.77. The summed E-state index contributed by atoms with van der Waals surface area (Å²) in [5.41, 5.74) is -2.16. The number of allylic oxidation sites excluding steroid dienone is 1. The smallest absolute Gasteiger partial charge is 0.310 e. The molecule has 1 heterocycles. The maximum absolute atomic E-state index is 13.0. The van der Waals surface area contributed by atoms with Gasteiger partial charge in [-0.05, 0) is 91.8 Å². The molecule has 6 aliphatic rings. The molecular weight excluding hydrogens is 608 g/mol. The van der Waals surface area contributed by atoms with Crippen molar-refractivity contribution in [1.29, 1.82) is 0 Å². The summed E-state index contributed by atoms with van der Waals surface area (Å²) in [7, 11) is 0. The van der Waals surface area contributed by atoms with Crippen LogP contribution in [0.4, 0.5) is 0 Å². The predicted octanol–water partition coefficient (Wildman–Crippen LogP) is 1.97. The van der Waals surface area contributed by atoms with E-state index in [0.717, 1.165) is 24.8 Å². The van der Waals surface area contributed by atoms with Crippen LogP contribution in [0, 0.1) is 50.2 Å². The third kappa shape index (κ3) is 4.81. The summed E-state index contributed by atoms with van der Waals surface area (Å²) in [4.78, 5) is 13.0. The summed E-state index contributed by atoms with van der Waals surface area (Å²) in [6.07, 6.45) is -1.41. The third-order valence-electron chi connectivity index (χ3n) is 15.2. The highest BCUT2D eigenvalue weighted by molar-refractivity contribution is 5.76. The second-order valence-corrected chi connectivity index (χ2v) is 17.8. The number of hydrogen-bond acceptors (Lipinski definition) is 10. The van der Waals surface area contributed by atoms with Crippen molar-refractivity contribution >= 4 is 5.97 Å². The molecule has 11 nitrogen and oxygen atoms in total. The number of ether oxygens (including phenoxy) is 2. The van der Waals surface area contributed by atoms with Gasteiger partial charge in [-0.3, -0.25) is 4.79 Å².